The van der Waals surface area contributed by atoms with Crippen molar-refractivity contribution < 1.29 is 14.3 Å². The van der Waals surface area contributed by atoms with E-state index in [1.54, 1.807) is 7.11 Å². The van der Waals surface area contributed by atoms with Gasteiger partial charge in [-0.05, 0) is 74.2 Å². The number of aryl methyl sites for hydroxylation is 3. The molecule has 3 aromatic carbocycles. The number of benzene rings is 3. The normalized spacial score (nSPS) is 15.6. The summed E-state index contributed by atoms with van der Waals surface area (Å²) in [6.45, 7) is 6.36. The van der Waals surface area contributed by atoms with Crippen LogP contribution >= 0.6 is 0 Å². The highest BCUT2D eigenvalue weighted by Gasteiger charge is 2.35. The lowest BCUT2D eigenvalue weighted by atomic mass is 10.1. The van der Waals surface area contributed by atoms with Crippen LogP contribution in [0.4, 0.5) is 5.69 Å². The summed E-state index contributed by atoms with van der Waals surface area (Å²) in [5.74, 6) is 2.83. The summed E-state index contributed by atoms with van der Waals surface area (Å²) in [4.78, 5) is 19.8. The average Bonchev–Trinajstić information content (AvgIpc) is 3.46. The van der Waals surface area contributed by atoms with Crippen molar-refractivity contribution in [2.45, 2.75) is 45.6 Å². The van der Waals surface area contributed by atoms with Gasteiger partial charge in [0.05, 0.1) is 24.8 Å². The Bertz CT molecular complexity index is 1380. The van der Waals surface area contributed by atoms with Crippen molar-refractivity contribution in [1.29, 1.82) is 0 Å². The molecule has 6 nitrogen and oxygen atoms in total. The number of rotatable bonds is 9. The summed E-state index contributed by atoms with van der Waals surface area (Å²) in [5, 5.41) is 0. The number of aromatic nitrogens is 2. The van der Waals surface area contributed by atoms with Crippen molar-refractivity contribution in [2.24, 2.45) is 0 Å². The van der Waals surface area contributed by atoms with E-state index in [9.17, 15) is 4.79 Å². The number of carbonyl (C=O) groups excluding carboxylic acids is 1. The van der Waals surface area contributed by atoms with Gasteiger partial charge in [0.25, 0.3) is 0 Å². The van der Waals surface area contributed by atoms with Crippen molar-refractivity contribution in [3.8, 4) is 11.5 Å². The van der Waals surface area contributed by atoms with Gasteiger partial charge >= 0.3 is 0 Å². The summed E-state index contributed by atoms with van der Waals surface area (Å²) in [6, 6.07) is 22.2. The van der Waals surface area contributed by atoms with Crippen molar-refractivity contribution in [2.75, 3.05) is 25.2 Å². The van der Waals surface area contributed by atoms with E-state index in [4.69, 9.17) is 14.5 Å². The molecule has 0 N–H and O–H groups in total. The number of carbonyl (C=O) groups is 1. The van der Waals surface area contributed by atoms with Crippen LogP contribution in [-0.2, 0) is 11.3 Å². The molecule has 0 aliphatic carbocycles. The molecule has 186 valence electrons. The third kappa shape index (κ3) is 4.94. The fourth-order valence-electron chi connectivity index (χ4n) is 4.91. The first-order chi connectivity index (χ1) is 17.5. The van der Waals surface area contributed by atoms with E-state index in [1.807, 2.05) is 41.3 Å². The Morgan fingerprint density at radius 1 is 0.944 bits per heavy atom. The second-order valence-corrected chi connectivity index (χ2v) is 9.52. The van der Waals surface area contributed by atoms with Gasteiger partial charge in [-0.15, -0.1) is 0 Å². The van der Waals surface area contributed by atoms with E-state index in [2.05, 4.69) is 48.7 Å². The number of imidazole rings is 1. The molecule has 1 aromatic heterocycles. The van der Waals surface area contributed by atoms with Crippen LogP contribution in [0.5, 0.6) is 11.5 Å². The Hall–Kier alpha value is -3.80. The zero-order valence-corrected chi connectivity index (χ0v) is 21.2. The summed E-state index contributed by atoms with van der Waals surface area (Å²) in [5.41, 5.74) is 5.49. The van der Waals surface area contributed by atoms with E-state index in [0.717, 1.165) is 53.4 Å². The van der Waals surface area contributed by atoms with Gasteiger partial charge in [0, 0.05) is 37.2 Å². The predicted molar refractivity (Wildman–Crippen MR) is 143 cm³/mol. The van der Waals surface area contributed by atoms with Crippen LogP contribution in [-0.4, -0.2) is 35.7 Å². The molecule has 5 rings (SSSR count). The first-order valence-electron chi connectivity index (χ1n) is 12.6. The van der Waals surface area contributed by atoms with Gasteiger partial charge in [0.15, 0.2) is 0 Å². The second-order valence-electron chi connectivity index (χ2n) is 9.52. The molecule has 0 saturated carbocycles. The van der Waals surface area contributed by atoms with E-state index >= 15 is 0 Å². The quantitative estimate of drug-likeness (QED) is 0.272. The molecule has 1 aliphatic heterocycles. The fourth-order valence-corrected chi connectivity index (χ4v) is 4.91. The van der Waals surface area contributed by atoms with E-state index in [1.165, 1.54) is 11.1 Å². The van der Waals surface area contributed by atoms with Gasteiger partial charge in [0.1, 0.15) is 17.3 Å². The van der Waals surface area contributed by atoms with Crippen LogP contribution in [0, 0.1) is 13.8 Å². The van der Waals surface area contributed by atoms with Crippen LogP contribution in [0.25, 0.3) is 11.0 Å². The second kappa shape index (κ2) is 10.4. The highest BCUT2D eigenvalue weighted by atomic mass is 16.5. The van der Waals surface area contributed by atoms with Gasteiger partial charge in [-0.25, -0.2) is 4.98 Å². The van der Waals surface area contributed by atoms with Gasteiger partial charge in [-0.2, -0.15) is 0 Å². The van der Waals surface area contributed by atoms with Crippen molar-refractivity contribution in [3.05, 3.63) is 83.7 Å². The molecule has 2 heterocycles. The Morgan fingerprint density at radius 2 is 1.81 bits per heavy atom. The number of hydrogen-bond donors (Lipinski definition) is 0. The maximum Gasteiger partial charge on any atom is 0.227 e. The van der Waals surface area contributed by atoms with Crippen LogP contribution in [0.2, 0.25) is 0 Å². The molecule has 0 radical (unpaired) electrons. The van der Waals surface area contributed by atoms with Gasteiger partial charge in [-0.1, -0.05) is 24.3 Å². The first-order valence-corrected chi connectivity index (χ1v) is 12.6. The molecule has 1 unspecified atom stereocenters. The van der Waals surface area contributed by atoms with E-state index in [-0.39, 0.29) is 11.8 Å². The number of anilines is 1. The number of hydrogen-bond acceptors (Lipinski definition) is 4. The number of nitrogens with zero attached hydrogens (tertiary/aromatic N) is 3. The van der Waals surface area contributed by atoms with Gasteiger partial charge in [0.2, 0.25) is 5.91 Å². The fraction of sp³-hybridized carbons (Fsp3) is 0.333. The minimum Gasteiger partial charge on any atom is -0.497 e. The molecule has 1 aliphatic rings. The van der Waals surface area contributed by atoms with Crippen LogP contribution < -0.4 is 14.4 Å². The maximum atomic E-state index is 13.0. The lowest BCUT2D eigenvalue weighted by Gasteiger charge is -2.18. The minimum absolute atomic E-state index is 0.0443. The number of para-hydroxylation sites is 2. The number of fused-ring (bicyclic) bond motifs is 1. The number of methoxy groups -OCH3 is 1. The Labute approximate surface area is 212 Å². The molecular weight excluding hydrogens is 450 g/mol. The number of ether oxygens (including phenoxy) is 2. The lowest BCUT2D eigenvalue weighted by Crippen LogP contribution is -2.24. The average molecular weight is 484 g/mol. The molecule has 1 atom stereocenters. The first kappa shape index (κ1) is 23.9. The Morgan fingerprint density at radius 3 is 2.64 bits per heavy atom. The Kier molecular flexibility index (Phi) is 6.94. The SMILES string of the molecule is COc1cccc(N2CC(c3nc4ccccc4n3CCCCOc3ccc(C)c(C)c3)CC2=O)c1. The standard InChI is InChI=1S/C30H33N3O3/c1-21-13-14-26(17-22(21)2)36-16-7-6-15-32-28-12-5-4-11-27(28)31-30(32)23-18-29(34)33(20-23)24-9-8-10-25(19-24)35-3/h4-5,8-14,17,19,23H,6-7,15-16,18,20H2,1-3H3. The highest BCUT2D eigenvalue weighted by Crippen LogP contribution is 2.34. The molecular formula is C30H33N3O3. The van der Waals surface area contributed by atoms with Crippen molar-refractivity contribution >= 4 is 22.6 Å². The monoisotopic (exact) mass is 483 g/mol. The molecule has 1 saturated heterocycles. The molecule has 6 heteroatoms. The minimum atomic E-state index is 0.0443. The predicted octanol–water partition coefficient (Wildman–Crippen LogP) is 6.04. The summed E-state index contributed by atoms with van der Waals surface area (Å²) in [6.07, 6.45) is 2.37. The van der Waals surface area contributed by atoms with Gasteiger partial charge in [-0.3, -0.25) is 4.79 Å². The smallest absolute Gasteiger partial charge is 0.227 e. The third-order valence-electron chi connectivity index (χ3n) is 7.06. The van der Waals surface area contributed by atoms with E-state index < -0.39 is 0 Å². The molecule has 1 fully saturated rings. The number of unbranched alkanes of at least 4 members (excludes halogenated alkanes) is 1. The largest absolute Gasteiger partial charge is 0.497 e. The van der Waals surface area contributed by atoms with E-state index in [0.29, 0.717) is 19.6 Å². The van der Waals surface area contributed by atoms with Crippen LogP contribution in [0.3, 0.4) is 0 Å². The number of amides is 1. The molecule has 0 spiro atoms. The zero-order valence-electron chi connectivity index (χ0n) is 21.2. The third-order valence-corrected chi connectivity index (χ3v) is 7.06. The van der Waals surface area contributed by atoms with Gasteiger partial charge < -0.3 is 18.9 Å². The summed E-state index contributed by atoms with van der Waals surface area (Å²) in [7, 11) is 1.64. The molecule has 1 amide bonds. The lowest BCUT2D eigenvalue weighted by molar-refractivity contribution is -0.117. The highest BCUT2D eigenvalue weighted by molar-refractivity contribution is 5.96. The van der Waals surface area contributed by atoms with Crippen molar-refractivity contribution in [3.63, 3.8) is 0 Å². The Balaban J connectivity index is 1.29. The zero-order chi connectivity index (χ0) is 25.1. The van der Waals surface area contributed by atoms with Crippen LogP contribution in [0.1, 0.15) is 42.1 Å². The maximum absolute atomic E-state index is 13.0. The summed E-state index contributed by atoms with van der Waals surface area (Å²) >= 11 is 0. The topological polar surface area (TPSA) is 56.6 Å². The summed E-state index contributed by atoms with van der Waals surface area (Å²) < 4.78 is 13.7. The molecule has 36 heavy (non-hydrogen) atoms. The van der Waals surface area contributed by atoms with Crippen molar-refractivity contribution in [1.82, 2.24) is 9.55 Å². The molecule has 0 bridgehead atoms. The van der Waals surface area contributed by atoms with Crippen LogP contribution in [0.15, 0.2) is 66.7 Å². The molecule has 4 aromatic rings.